The zero-order valence-corrected chi connectivity index (χ0v) is 22.5. The van der Waals surface area contributed by atoms with Gasteiger partial charge in [0.25, 0.3) is 0 Å². The second kappa shape index (κ2) is 10.3. The zero-order valence-electron chi connectivity index (χ0n) is 22.5. The number of rotatable bonds is 7. The normalized spacial score (nSPS) is 16.2. The fourth-order valence-corrected chi connectivity index (χ4v) is 5.48. The number of nitrogens with zero attached hydrogens (tertiary/aromatic N) is 1. The molecule has 1 N–H and O–H groups in total. The van der Waals surface area contributed by atoms with Crippen LogP contribution in [0.5, 0.6) is 11.5 Å². The molecule has 3 heterocycles. The molecule has 0 spiro atoms. The molecule has 0 saturated heterocycles. The van der Waals surface area contributed by atoms with Crippen molar-refractivity contribution in [1.82, 2.24) is 4.57 Å². The highest BCUT2D eigenvalue weighted by molar-refractivity contribution is 5.88. The third-order valence-electron chi connectivity index (χ3n) is 7.52. The molecule has 5 rings (SSSR count). The number of aryl methyl sites for hydroxylation is 1. The van der Waals surface area contributed by atoms with Gasteiger partial charge in [0.2, 0.25) is 0 Å². The third kappa shape index (κ3) is 4.95. The lowest BCUT2D eigenvalue weighted by Gasteiger charge is -2.39. The van der Waals surface area contributed by atoms with E-state index in [1.54, 1.807) is 7.11 Å². The van der Waals surface area contributed by atoms with Crippen molar-refractivity contribution >= 4 is 5.97 Å². The number of carboxylic acid groups (broad SMARTS) is 1. The van der Waals surface area contributed by atoms with Gasteiger partial charge in [0.05, 0.1) is 18.9 Å². The molecule has 0 unspecified atom stereocenters. The molecule has 38 heavy (non-hydrogen) atoms. The van der Waals surface area contributed by atoms with Gasteiger partial charge in [0.15, 0.2) is 5.43 Å². The van der Waals surface area contributed by atoms with Crippen LogP contribution in [0.2, 0.25) is 0 Å². The fourth-order valence-electron chi connectivity index (χ4n) is 5.48. The fraction of sp³-hybridized carbons (Fsp3) is 0.419. The molecule has 0 radical (unpaired) electrons. The van der Waals surface area contributed by atoms with Crippen molar-refractivity contribution in [2.24, 2.45) is 5.41 Å². The van der Waals surface area contributed by atoms with Crippen LogP contribution in [0, 0.1) is 5.41 Å². The first-order valence-corrected chi connectivity index (χ1v) is 13.2. The van der Waals surface area contributed by atoms with Crippen LogP contribution >= 0.6 is 0 Å². The zero-order chi connectivity index (χ0) is 27.0. The molecule has 0 aliphatic carbocycles. The Hall–Kier alpha value is -3.58. The quantitative estimate of drug-likeness (QED) is 0.401. The molecule has 0 bridgehead atoms. The first-order chi connectivity index (χ1) is 18.2. The van der Waals surface area contributed by atoms with Crippen LogP contribution in [0.15, 0.2) is 47.4 Å². The summed E-state index contributed by atoms with van der Waals surface area (Å²) in [6, 6.07) is 11.9. The van der Waals surface area contributed by atoms with Gasteiger partial charge < -0.3 is 23.9 Å². The Morgan fingerprint density at radius 2 is 1.92 bits per heavy atom. The van der Waals surface area contributed by atoms with E-state index in [9.17, 15) is 14.7 Å². The number of fused-ring (bicyclic) bond motifs is 4. The predicted molar refractivity (Wildman–Crippen MR) is 147 cm³/mol. The Bertz CT molecular complexity index is 1430. The van der Waals surface area contributed by atoms with E-state index in [1.165, 1.54) is 17.8 Å². The molecular formula is C31H35NO6. The van der Waals surface area contributed by atoms with Crippen molar-refractivity contribution in [3.8, 4) is 33.9 Å². The van der Waals surface area contributed by atoms with Crippen LogP contribution in [-0.2, 0) is 17.6 Å². The lowest BCUT2D eigenvalue weighted by atomic mass is 9.78. The van der Waals surface area contributed by atoms with Gasteiger partial charge in [-0.05, 0) is 59.6 Å². The Kier molecular flexibility index (Phi) is 7.05. The topological polar surface area (TPSA) is 87.0 Å². The molecule has 3 aromatic rings. The van der Waals surface area contributed by atoms with Gasteiger partial charge in [-0.15, -0.1) is 0 Å². The maximum Gasteiger partial charge on any atom is 0.341 e. The number of carboxylic acids is 1. The molecule has 7 heteroatoms. The summed E-state index contributed by atoms with van der Waals surface area (Å²) < 4.78 is 19.5. The molecule has 200 valence electrons. The van der Waals surface area contributed by atoms with Crippen LogP contribution < -0.4 is 14.9 Å². The number of hydrogen-bond acceptors (Lipinski definition) is 5. The summed E-state index contributed by atoms with van der Waals surface area (Å²) in [5, 5.41) is 9.65. The summed E-state index contributed by atoms with van der Waals surface area (Å²) in [5.74, 6) is 0.465. The van der Waals surface area contributed by atoms with E-state index in [1.807, 2.05) is 4.57 Å². The van der Waals surface area contributed by atoms with Crippen LogP contribution in [0.25, 0.3) is 22.4 Å². The smallest absolute Gasteiger partial charge is 0.341 e. The average Bonchev–Trinajstić information content (AvgIpc) is 2.89. The van der Waals surface area contributed by atoms with Crippen LogP contribution in [0.1, 0.15) is 61.1 Å². The van der Waals surface area contributed by atoms with Gasteiger partial charge in [-0.25, -0.2) is 4.79 Å². The number of carbonyl (C=O) groups is 1. The standard InChI is InChI=1S/C31H35NO6/c1-31(2,3)29-15-21-14-28(38-12-6-10-36-4)23(20-9-8-19-7-5-11-37-27(19)13-20)16-22(21)25-17-26(33)24(30(34)35)18-32(25)29/h8-9,13-14,16-18,29H,5-7,10-12,15H2,1-4H3,(H,34,35)/t29-/m0/s1. The minimum absolute atomic E-state index is 0.0342. The molecule has 2 aliphatic rings. The van der Waals surface area contributed by atoms with Crippen molar-refractivity contribution < 1.29 is 24.1 Å². The predicted octanol–water partition coefficient (Wildman–Crippen LogP) is 5.76. The number of methoxy groups -OCH3 is 1. The molecule has 2 aliphatic heterocycles. The van der Waals surface area contributed by atoms with Crippen molar-refractivity contribution in [3.63, 3.8) is 0 Å². The molecule has 7 nitrogen and oxygen atoms in total. The van der Waals surface area contributed by atoms with Crippen molar-refractivity contribution in [3.05, 3.63) is 69.5 Å². The van der Waals surface area contributed by atoms with Gasteiger partial charge in [-0.2, -0.15) is 0 Å². The van der Waals surface area contributed by atoms with Gasteiger partial charge in [-0.1, -0.05) is 32.9 Å². The van der Waals surface area contributed by atoms with Crippen molar-refractivity contribution in [2.75, 3.05) is 26.9 Å². The lowest BCUT2D eigenvalue weighted by Crippen LogP contribution is -2.32. The first kappa shape index (κ1) is 26.0. The third-order valence-corrected chi connectivity index (χ3v) is 7.52. The van der Waals surface area contributed by atoms with E-state index in [0.717, 1.165) is 58.7 Å². The van der Waals surface area contributed by atoms with Crippen molar-refractivity contribution in [1.29, 1.82) is 0 Å². The Labute approximate surface area is 223 Å². The molecule has 2 aromatic carbocycles. The summed E-state index contributed by atoms with van der Waals surface area (Å²) in [5.41, 5.74) is 4.92. The molecule has 0 fully saturated rings. The minimum Gasteiger partial charge on any atom is -0.493 e. The summed E-state index contributed by atoms with van der Waals surface area (Å²) in [7, 11) is 1.68. The Morgan fingerprint density at radius 3 is 2.66 bits per heavy atom. The van der Waals surface area contributed by atoms with E-state index in [0.29, 0.717) is 26.2 Å². The van der Waals surface area contributed by atoms with E-state index >= 15 is 0 Å². The maximum absolute atomic E-state index is 12.8. The lowest BCUT2D eigenvalue weighted by molar-refractivity contribution is 0.0693. The number of aromatic nitrogens is 1. The number of hydrogen-bond donors (Lipinski definition) is 1. The second-order valence-electron chi connectivity index (χ2n) is 11.2. The molecule has 0 amide bonds. The van der Waals surface area contributed by atoms with E-state index < -0.39 is 11.4 Å². The summed E-state index contributed by atoms with van der Waals surface area (Å²) in [4.78, 5) is 24.6. The van der Waals surface area contributed by atoms with E-state index in [2.05, 4.69) is 51.1 Å². The number of pyridine rings is 1. The highest BCUT2D eigenvalue weighted by Gasteiger charge is 2.34. The first-order valence-electron chi connectivity index (χ1n) is 13.2. The van der Waals surface area contributed by atoms with Crippen LogP contribution in [-0.4, -0.2) is 42.6 Å². The summed E-state index contributed by atoms with van der Waals surface area (Å²) >= 11 is 0. The largest absolute Gasteiger partial charge is 0.493 e. The number of benzene rings is 2. The highest BCUT2D eigenvalue weighted by Crippen LogP contribution is 2.46. The molecule has 0 saturated carbocycles. The second-order valence-corrected chi connectivity index (χ2v) is 11.2. The summed E-state index contributed by atoms with van der Waals surface area (Å²) in [6.07, 6.45) is 4.98. The van der Waals surface area contributed by atoms with Gasteiger partial charge in [0.1, 0.15) is 17.1 Å². The molecule has 1 aromatic heterocycles. The maximum atomic E-state index is 12.8. The van der Waals surface area contributed by atoms with Crippen molar-refractivity contribution in [2.45, 2.75) is 52.5 Å². The minimum atomic E-state index is -1.21. The van der Waals surface area contributed by atoms with E-state index in [-0.39, 0.29) is 17.0 Å². The molecular weight excluding hydrogens is 482 g/mol. The Balaban J connectivity index is 1.69. The monoisotopic (exact) mass is 517 g/mol. The van der Waals surface area contributed by atoms with Gasteiger partial charge in [-0.3, -0.25) is 4.79 Å². The van der Waals surface area contributed by atoms with Gasteiger partial charge >= 0.3 is 5.97 Å². The summed E-state index contributed by atoms with van der Waals surface area (Å²) in [6.45, 7) is 8.23. The number of ether oxygens (including phenoxy) is 3. The SMILES string of the molecule is COCCCOc1cc2c(cc1-c1ccc3c(c1)OCCC3)-c1cc(=O)c(C(=O)O)cn1[C@H](C(C)(C)C)C2. The average molecular weight is 518 g/mol. The van der Waals surface area contributed by atoms with Crippen LogP contribution in [0.4, 0.5) is 0 Å². The van der Waals surface area contributed by atoms with E-state index in [4.69, 9.17) is 14.2 Å². The highest BCUT2D eigenvalue weighted by atomic mass is 16.5. The van der Waals surface area contributed by atoms with Crippen LogP contribution in [0.3, 0.4) is 0 Å². The number of aromatic carboxylic acids is 1. The van der Waals surface area contributed by atoms with Gasteiger partial charge in [0, 0.05) is 49.6 Å². The molecule has 1 atom stereocenters. The Morgan fingerprint density at radius 1 is 1.11 bits per heavy atom.